The van der Waals surface area contributed by atoms with E-state index >= 15 is 0 Å². The van der Waals surface area contributed by atoms with Crippen molar-refractivity contribution in [3.8, 4) is 11.6 Å². The van der Waals surface area contributed by atoms with Crippen LogP contribution in [0.5, 0.6) is 11.6 Å². The summed E-state index contributed by atoms with van der Waals surface area (Å²) in [5.74, 6) is 2.42. The Bertz CT molecular complexity index is 912. The molecule has 3 aromatic rings. The number of aromatic nitrogens is 3. The number of piperidine rings is 1. The molecule has 1 fully saturated rings. The second-order valence-corrected chi connectivity index (χ2v) is 8.02. The molecule has 4 rings (SSSR count). The third-order valence-electron chi connectivity index (χ3n) is 5.17. The van der Waals surface area contributed by atoms with E-state index in [9.17, 15) is 5.11 Å². The van der Waals surface area contributed by atoms with Gasteiger partial charge < -0.3 is 9.84 Å². The van der Waals surface area contributed by atoms with Crippen LogP contribution in [0.1, 0.15) is 42.1 Å². The summed E-state index contributed by atoms with van der Waals surface area (Å²) < 4.78 is 7.18. The van der Waals surface area contributed by atoms with Crippen LogP contribution in [0.2, 0.25) is 0 Å². The molecule has 138 valence electrons. The third-order valence-corrected chi connectivity index (χ3v) is 6.24. The predicted octanol–water partition coefficient (Wildman–Crippen LogP) is 3.63. The van der Waals surface area contributed by atoms with E-state index in [4.69, 9.17) is 4.74 Å². The minimum Gasteiger partial charge on any atom is -0.496 e. The van der Waals surface area contributed by atoms with Crippen molar-refractivity contribution < 1.29 is 9.84 Å². The van der Waals surface area contributed by atoms with E-state index in [1.807, 2.05) is 25.1 Å². The maximum atomic E-state index is 10.9. The number of hydrogen-bond donors (Lipinski definition) is 1. The number of aryl methyl sites for hydroxylation is 1. The average Bonchev–Trinajstić information content (AvgIpc) is 3.15. The zero-order chi connectivity index (χ0) is 18.3. The second kappa shape index (κ2) is 6.89. The summed E-state index contributed by atoms with van der Waals surface area (Å²) in [7, 11) is 1.69. The van der Waals surface area contributed by atoms with Gasteiger partial charge in [-0.15, -0.1) is 5.10 Å². The van der Waals surface area contributed by atoms with E-state index in [0.29, 0.717) is 5.82 Å². The van der Waals surface area contributed by atoms with E-state index in [1.54, 1.807) is 11.6 Å². The number of nitrogens with zero attached hydrogens (tertiary/aromatic N) is 4. The van der Waals surface area contributed by atoms with Crippen LogP contribution in [-0.4, -0.2) is 44.8 Å². The first-order valence-corrected chi connectivity index (χ1v) is 9.82. The zero-order valence-electron chi connectivity index (χ0n) is 15.3. The summed E-state index contributed by atoms with van der Waals surface area (Å²) in [6, 6.07) is 8.00. The molecule has 1 N–H and O–H groups in total. The number of aromatic hydroxyl groups is 1. The highest BCUT2D eigenvalue weighted by Crippen LogP contribution is 2.43. The Morgan fingerprint density at radius 1 is 1.27 bits per heavy atom. The summed E-state index contributed by atoms with van der Waals surface area (Å²) in [4.78, 5) is 8.47. The maximum Gasteiger partial charge on any atom is 0.230 e. The van der Waals surface area contributed by atoms with Gasteiger partial charge in [0.15, 0.2) is 0 Å². The normalized spacial score (nSPS) is 17.7. The van der Waals surface area contributed by atoms with Crippen LogP contribution in [-0.2, 0) is 0 Å². The van der Waals surface area contributed by atoms with Crippen molar-refractivity contribution in [2.45, 2.75) is 32.7 Å². The molecule has 6 nitrogen and oxygen atoms in total. The number of likely N-dealkylation sites (tertiary alicyclic amines) is 1. The molecule has 26 heavy (non-hydrogen) atoms. The first-order chi connectivity index (χ1) is 12.6. The van der Waals surface area contributed by atoms with Crippen LogP contribution in [0.15, 0.2) is 24.3 Å². The van der Waals surface area contributed by atoms with Crippen molar-refractivity contribution in [3.05, 3.63) is 40.5 Å². The van der Waals surface area contributed by atoms with E-state index < -0.39 is 0 Å². The molecule has 0 saturated carbocycles. The van der Waals surface area contributed by atoms with Crippen LogP contribution in [0, 0.1) is 12.8 Å². The fourth-order valence-electron chi connectivity index (χ4n) is 3.71. The molecular formula is C19H24N4O2S. The lowest BCUT2D eigenvalue weighted by molar-refractivity contribution is 0.155. The molecule has 1 aromatic carbocycles. The van der Waals surface area contributed by atoms with Gasteiger partial charge in [0.1, 0.15) is 11.6 Å². The monoisotopic (exact) mass is 372 g/mol. The first kappa shape index (κ1) is 17.3. The number of thiazole rings is 1. The summed E-state index contributed by atoms with van der Waals surface area (Å²) in [6.07, 6.45) is 2.32. The Balaban J connectivity index is 1.84. The number of ether oxygens (including phenoxy) is 1. The number of hydrogen-bond acceptors (Lipinski definition) is 6. The Hall–Kier alpha value is -2.12. The molecule has 7 heteroatoms. The summed E-state index contributed by atoms with van der Waals surface area (Å²) in [5, 5.41) is 15.2. The Morgan fingerprint density at radius 3 is 2.69 bits per heavy atom. The van der Waals surface area contributed by atoms with Gasteiger partial charge in [0.05, 0.1) is 18.0 Å². The summed E-state index contributed by atoms with van der Waals surface area (Å²) in [5.41, 5.74) is 1.07. The van der Waals surface area contributed by atoms with Gasteiger partial charge >= 0.3 is 0 Å². The molecule has 0 aliphatic carbocycles. The quantitative estimate of drug-likeness (QED) is 0.758. The predicted molar refractivity (Wildman–Crippen MR) is 102 cm³/mol. The highest BCUT2D eigenvalue weighted by molar-refractivity contribution is 7.17. The largest absolute Gasteiger partial charge is 0.496 e. The minimum absolute atomic E-state index is 0.0625. The van der Waals surface area contributed by atoms with E-state index in [0.717, 1.165) is 53.0 Å². The Morgan fingerprint density at radius 2 is 2.00 bits per heavy atom. The lowest BCUT2D eigenvalue weighted by Gasteiger charge is -2.36. The molecule has 1 saturated heterocycles. The van der Waals surface area contributed by atoms with Gasteiger partial charge in [-0.3, -0.25) is 4.90 Å². The second-order valence-electron chi connectivity index (χ2n) is 7.01. The fraction of sp³-hybridized carbons (Fsp3) is 0.474. The van der Waals surface area contributed by atoms with Gasteiger partial charge in [-0.2, -0.15) is 4.52 Å². The molecule has 1 aliphatic heterocycles. The zero-order valence-corrected chi connectivity index (χ0v) is 16.2. The molecule has 1 atom stereocenters. The molecular weight excluding hydrogens is 348 g/mol. The van der Waals surface area contributed by atoms with E-state index in [2.05, 4.69) is 28.0 Å². The molecule has 2 aromatic heterocycles. The van der Waals surface area contributed by atoms with Crippen molar-refractivity contribution in [2.24, 2.45) is 5.92 Å². The average molecular weight is 372 g/mol. The Kier molecular flexibility index (Phi) is 4.58. The number of benzene rings is 1. The van der Waals surface area contributed by atoms with Crippen LogP contribution in [0.3, 0.4) is 0 Å². The van der Waals surface area contributed by atoms with Gasteiger partial charge in [0.2, 0.25) is 10.8 Å². The van der Waals surface area contributed by atoms with Gasteiger partial charge in [0, 0.05) is 5.56 Å². The minimum atomic E-state index is -0.0625. The SMILES string of the molecule is COc1ccccc1[C@H](c1sc2nc(C)nn2c1O)N1CCC(C)CC1. The topological polar surface area (TPSA) is 62.9 Å². The standard InChI is InChI=1S/C19H24N4O2S/c1-12-8-10-22(11-9-12)16(14-6-4-5-7-15(14)25-3)17-18(24)23-19(26-17)20-13(2)21-23/h4-7,12,16,24H,8-11H2,1-3H3/t16-/m1/s1. The Labute approximate surface area is 157 Å². The van der Waals surface area contributed by atoms with E-state index in [-0.39, 0.29) is 11.9 Å². The van der Waals surface area contributed by atoms with E-state index in [1.165, 1.54) is 11.3 Å². The number of para-hydroxylation sites is 1. The van der Waals surface area contributed by atoms with Gasteiger partial charge in [0.25, 0.3) is 0 Å². The van der Waals surface area contributed by atoms with Crippen LogP contribution in [0.4, 0.5) is 0 Å². The molecule has 0 bridgehead atoms. The smallest absolute Gasteiger partial charge is 0.230 e. The molecule has 3 heterocycles. The molecule has 0 unspecified atom stereocenters. The van der Waals surface area contributed by atoms with Crippen molar-refractivity contribution in [1.82, 2.24) is 19.5 Å². The van der Waals surface area contributed by atoms with Gasteiger partial charge in [-0.05, 0) is 44.8 Å². The summed E-state index contributed by atoms with van der Waals surface area (Å²) in [6.45, 7) is 6.13. The molecule has 0 spiro atoms. The van der Waals surface area contributed by atoms with Crippen molar-refractivity contribution in [3.63, 3.8) is 0 Å². The molecule has 0 amide bonds. The van der Waals surface area contributed by atoms with Gasteiger partial charge in [-0.1, -0.05) is 36.5 Å². The molecule has 1 aliphatic rings. The van der Waals surface area contributed by atoms with Gasteiger partial charge in [-0.25, -0.2) is 4.98 Å². The number of methoxy groups -OCH3 is 1. The lowest BCUT2D eigenvalue weighted by Crippen LogP contribution is -2.36. The first-order valence-electron chi connectivity index (χ1n) is 9.00. The lowest BCUT2D eigenvalue weighted by atomic mass is 9.95. The highest BCUT2D eigenvalue weighted by Gasteiger charge is 2.33. The van der Waals surface area contributed by atoms with Crippen molar-refractivity contribution >= 4 is 16.3 Å². The maximum absolute atomic E-state index is 10.9. The third kappa shape index (κ3) is 2.95. The highest BCUT2D eigenvalue weighted by atomic mass is 32.1. The fourth-order valence-corrected chi connectivity index (χ4v) is 4.86. The number of fused-ring (bicyclic) bond motifs is 1. The van der Waals surface area contributed by atoms with Crippen molar-refractivity contribution in [2.75, 3.05) is 20.2 Å². The van der Waals surface area contributed by atoms with Crippen LogP contribution >= 0.6 is 11.3 Å². The van der Waals surface area contributed by atoms with Crippen LogP contribution in [0.25, 0.3) is 4.96 Å². The van der Waals surface area contributed by atoms with Crippen molar-refractivity contribution in [1.29, 1.82) is 0 Å². The number of rotatable bonds is 4. The van der Waals surface area contributed by atoms with Crippen LogP contribution < -0.4 is 4.74 Å². The summed E-state index contributed by atoms with van der Waals surface area (Å²) >= 11 is 1.50. The molecule has 0 radical (unpaired) electrons.